The number of rotatable bonds is 18. The summed E-state index contributed by atoms with van der Waals surface area (Å²) in [7, 11) is 5.54. The van der Waals surface area contributed by atoms with Crippen molar-refractivity contribution in [1.82, 2.24) is 31.1 Å². The van der Waals surface area contributed by atoms with Crippen molar-refractivity contribution in [1.29, 1.82) is 0 Å². The zero-order chi connectivity index (χ0) is 64.3. The largest absolute Gasteiger partial charge is 0.508 e. The summed E-state index contributed by atoms with van der Waals surface area (Å²) in [5, 5.41) is 101. The van der Waals surface area contributed by atoms with Gasteiger partial charge in [-0.2, -0.15) is 0 Å². The third-order valence-electron chi connectivity index (χ3n) is 16.4. The number of phenols is 1. The van der Waals surface area contributed by atoms with Gasteiger partial charge in [0.15, 0.2) is 12.0 Å². The molecule has 3 aliphatic rings. The summed E-state index contributed by atoms with van der Waals surface area (Å²) in [6.07, 6.45) is -13.2. The average molecular weight is 1230 g/mol. The van der Waals surface area contributed by atoms with E-state index in [0.29, 0.717) is 17.6 Å². The molecule has 0 bridgehead atoms. The number of Topliss-reactive ketones (excluding diaryl/α,β-unsaturated/α-hetero) is 1. The SMILES string of the molecule is CCCCCOc1ccc(-c2ccc(-c3ccc(C(=O)N[C@H]4C[C@@H](O)[C@@H](OCC[N+](C)(C)C)NC(=O)[C@@H]5[C@@H](O)[C@@H](C)CN5C(=O)[C@H]([C@@H](C)O)NC(=O)[C@H]([C@H](O)[C@H](O)c5ccc(O)cc5)CC(=O)[C@@H]5C[C@@H](O)CN5C(=O)[C@H]([C@@H](C)O)NC4=O)cc3)cc2)cc1. The quantitative estimate of drug-likeness (QED) is 0.0486. The molecule has 4 aromatic carbocycles. The monoisotopic (exact) mass is 1220 g/mol. The van der Waals surface area contributed by atoms with E-state index >= 15 is 0 Å². The molecule has 3 saturated heterocycles. The van der Waals surface area contributed by atoms with Gasteiger partial charge in [0.1, 0.15) is 54.4 Å². The Bertz CT molecular complexity index is 3030. The summed E-state index contributed by atoms with van der Waals surface area (Å²) in [6, 6.07) is 17.9. The maximum atomic E-state index is 14.8. The van der Waals surface area contributed by atoms with Crippen LogP contribution >= 0.6 is 0 Å². The fraction of sp³-hybridized carbons (Fsp3) is 0.516. The van der Waals surface area contributed by atoms with Crippen LogP contribution in [0.4, 0.5) is 0 Å². The molecule has 6 amide bonds. The second-order valence-electron chi connectivity index (χ2n) is 24.4. The molecule has 0 saturated carbocycles. The lowest BCUT2D eigenvalue weighted by Crippen LogP contribution is -2.61. The first kappa shape index (κ1) is 68.1. The molecular formula is C64H86N7O17+. The minimum atomic E-state index is -2.18. The van der Waals surface area contributed by atoms with E-state index < -0.39 is 158 Å². The van der Waals surface area contributed by atoms with E-state index in [1.54, 1.807) is 12.1 Å². The number of aromatic hydroxyl groups is 1. The number of phenolic OH excluding ortho intramolecular Hbond substituents is 1. The number of carbonyl (C=O) groups excluding carboxylic acids is 7. The van der Waals surface area contributed by atoms with Crippen LogP contribution in [0.1, 0.15) is 88.2 Å². The van der Waals surface area contributed by atoms with Gasteiger partial charge >= 0.3 is 0 Å². The van der Waals surface area contributed by atoms with Crippen molar-refractivity contribution in [2.45, 2.75) is 145 Å². The van der Waals surface area contributed by atoms with E-state index in [-0.39, 0.29) is 30.0 Å². The predicted octanol–water partition coefficient (Wildman–Crippen LogP) is 0.894. The molecule has 0 radical (unpaired) electrons. The number of aliphatic hydroxyl groups is 7. The summed E-state index contributed by atoms with van der Waals surface area (Å²) < 4.78 is 12.3. The second-order valence-corrected chi connectivity index (χ2v) is 24.4. The Morgan fingerprint density at radius 2 is 1.23 bits per heavy atom. The van der Waals surface area contributed by atoms with Crippen LogP contribution in [-0.2, 0) is 33.5 Å². The number of nitrogens with zero attached hydrogens (tertiary/aromatic N) is 3. The van der Waals surface area contributed by atoms with E-state index in [9.17, 15) is 74.4 Å². The molecular weight excluding hydrogens is 1140 g/mol. The Morgan fingerprint density at radius 1 is 0.682 bits per heavy atom. The average Bonchev–Trinajstić information content (AvgIpc) is 2.08. The van der Waals surface area contributed by atoms with E-state index in [1.807, 2.05) is 69.7 Å². The van der Waals surface area contributed by atoms with Gasteiger partial charge in [0.05, 0.1) is 76.8 Å². The van der Waals surface area contributed by atoms with Crippen molar-refractivity contribution in [3.05, 3.63) is 108 Å². The van der Waals surface area contributed by atoms with Crippen LogP contribution in [0.25, 0.3) is 22.3 Å². The summed E-state index contributed by atoms with van der Waals surface area (Å²) in [6.45, 7) is 5.92. The van der Waals surface area contributed by atoms with Gasteiger partial charge in [-0.15, -0.1) is 0 Å². The maximum absolute atomic E-state index is 14.8. The minimum Gasteiger partial charge on any atom is -0.508 e. The van der Waals surface area contributed by atoms with Crippen LogP contribution in [0.2, 0.25) is 0 Å². The van der Waals surface area contributed by atoms with Crippen molar-refractivity contribution in [2.75, 3.05) is 54.0 Å². The number of ketones is 1. The molecule has 24 heteroatoms. The number of amides is 6. The lowest BCUT2D eigenvalue weighted by Gasteiger charge is -2.34. The molecule has 7 rings (SSSR count). The molecule has 478 valence electrons. The van der Waals surface area contributed by atoms with Crippen molar-refractivity contribution in [2.24, 2.45) is 11.8 Å². The van der Waals surface area contributed by atoms with Crippen molar-refractivity contribution >= 4 is 41.2 Å². The second kappa shape index (κ2) is 30.2. The fourth-order valence-electron chi connectivity index (χ4n) is 11.1. The first-order chi connectivity index (χ1) is 41.6. The van der Waals surface area contributed by atoms with Gasteiger partial charge < -0.3 is 85.9 Å². The number of unbranched alkanes of at least 4 members (excludes halogenated alkanes) is 2. The number of hydrogen-bond donors (Lipinski definition) is 12. The Kier molecular flexibility index (Phi) is 23.4. The molecule has 0 unspecified atom stereocenters. The van der Waals surface area contributed by atoms with E-state index in [2.05, 4.69) is 28.2 Å². The third kappa shape index (κ3) is 17.3. The van der Waals surface area contributed by atoms with E-state index in [4.69, 9.17) is 9.47 Å². The third-order valence-corrected chi connectivity index (χ3v) is 16.4. The maximum Gasteiger partial charge on any atom is 0.251 e. The molecule has 88 heavy (non-hydrogen) atoms. The smallest absolute Gasteiger partial charge is 0.251 e. The van der Waals surface area contributed by atoms with Gasteiger partial charge in [-0.1, -0.05) is 87.4 Å². The molecule has 0 aliphatic carbocycles. The molecule has 12 N–H and O–H groups in total. The molecule has 15 atom stereocenters. The Balaban J connectivity index is 1.23. The number of benzene rings is 4. The highest BCUT2D eigenvalue weighted by atomic mass is 16.5. The summed E-state index contributed by atoms with van der Waals surface area (Å²) in [5.41, 5.74) is 3.54. The van der Waals surface area contributed by atoms with Gasteiger partial charge in [0.25, 0.3) is 5.91 Å². The predicted molar refractivity (Wildman–Crippen MR) is 321 cm³/mol. The molecule has 3 heterocycles. The number of fused-ring (bicyclic) bond motifs is 2. The zero-order valence-electron chi connectivity index (χ0n) is 50.8. The molecule has 3 fully saturated rings. The number of quaternary nitrogens is 1. The highest BCUT2D eigenvalue weighted by molar-refractivity contribution is 6.00. The first-order valence-corrected chi connectivity index (χ1v) is 29.9. The van der Waals surface area contributed by atoms with Crippen LogP contribution in [-0.4, -0.2) is 223 Å². The van der Waals surface area contributed by atoms with Gasteiger partial charge in [0, 0.05) is 43.8 Å². The number of hydrogen-bond acceptors (Lipinski definition) is 17. The molecule has 24 nitrogen and oxygen atoms in total. The standard InChI is InChI=1S/C64H85N7O17/c1-8-9-10-28-87-46-25-21-41(22-26-46)39-13-11-38(12-14-39)40-15-17-43(18-16-40)58(81)65-48-32-51(77)62(88-29-27-71(5,6)7)68-61(84)54-55(78)35(2)33-70(54)64(86)53(37(4)73)66-59(82)47(57(80)56(79)42-19-23-44(74)24-20-42)31-50(76)49-30-45(75)34-69(49)63(85)52(36(3)72)67-60(48)83/h11-26,35-37,45,47-49,51-57,62,72-73,75,77-80H,8-10,27-34H2,1-7H3,(H4-,65,66,67,68,74,81,82,83,84)/p+1/t35-,36+,37+,45+,47-,48-,49-,51+,52-,53-,54-,55-,56+,57-,62+/m0/s1. The topological polar surface area (TPSA) is 354 Å². The van der Waals surface area contributed by atoms with Crippen molar-refractivity contribution < 1.29 is 88.4 Å². The number of likely N-dealkylation sites (N-methyl/N-ethyl adjacent to an activating group) is 1. The van der Waals surface area contributed by atoms with Gasteiger partial charge in [0.2, 0.25) is 29.5 Å². The lowest BCUT2D eigenvalue weighted by atomic mass is 9.86. The van der Waals surface area contributed by atoms with Crippen LogP contribution in [0, 0.1) is 11.8 Å². The van der Waals surface area contributed by atoms with Gasteiger partial charge in [-0.25, -0.2) is 0 Å². The summed E-state index contributed by atoms with van der Waals surface area (Å²) in [4.78, 5) is 104. The Hall–Kier alpha value is -7.39. The van der Waals surface area contributed by atoms with E-state index in [1.165, 1.54) is 43.3 Å². The van der Waals surface area contributed by atoms with Gasteiger partial charge in [-0.05, 0) is 84.5 Å². The minimum absolute atomic E-state index is 0.0229. The van der Waals surface area contributed by atoms with E-state index in [0.717, 1.165) is 70.9 Å². The van der Waals surface area contributed by atoms with Crippen molar-refractivity contribution in [3.8, 4) is 33.8 Å². The molecule has 4 aromatic rings. The van der Waals surface area contributed by atoms with Crippen LogP contribution in [0.5, 0.6) is 11.5 Å². The summed E-state index contributed by atoms with van der Waals surface area (Å²) >= 11 is 0. The molecule has 0 aromatic heterocycles. The molecule has 3 aliphatic heterocycles. The van der Waals surface area contributed by atoms with Crippen LogP contribution in [0.15, 0.2) is 97.1 Å². The number of carbonyl (C=O) groups is 7. The first-order valence-electron chi connectivity index (χ1n) is 29.9. The fourth-order valence-corrected chi connectivity index (χ4v) is 11.1. The normalized spacial score (nSPS) is 26.8. The summed E-state index contributed by atoms with van der Waals surface area (Å²) in [5.74, 6) is -9.74. The van der Waals surface area contributed by atoms with Crippen LogP contribution in [0.3, 0.4) is 0 Å². The number of aliphatic hydroxyl groups excluding tert-OH is 7. The van der Waals surface area contributed by atoms with Crippen molar-refractivity contribution in [3.63, 3.8) is 0 Å². The lowest BCUT2D eigenvalue weighted by molar-refractivity contribution is -0.870. The van der Waals surface area contributed by atoms with Crippen LogP contribution < -0.4 is 26.0 Å². The zero-order valence-corrected chi connectivity index (χ0v) is 50.8. The number of ether oxygens (including phenoxy) is 2. The van der Waals surface area contributed by atoms with Gasteiger partial charge in [-0.3, -0.25) is 33.6 Å². The Morgan fingerprint density at radius 3 is 1.78 bits per heavy atom. The molecule has 0 spiro atoms. The highest BCUT2D eigenvalue weighted by Gasteiger charge is 2.50. The highest BCUT2D eigenvalue weighted by Crippen LogP contribution is 2.32. The number of nitrogens with one attached hydrogen (secondary N) is 4. The Labute approximate surface area is 512 Å².